The summed E-state index contributed by atoms with van der Waals surface area (Å²) in [6.07, 6.45) is 6.27. The number of halogens is 1. The summed E-state index contributed by atoms with van der Waals surface area (Å²) in [6, 6.07) is 10.6. The highest BCUT2D eigenvalue weighted by Crippen LogP contribution is 2.05. The maximum Gasteiger partial charge on any atom is 0.191 e. The fourth-order valence-corrected chi connectivity index (χ4v) is 2.35. The van der Waals surface area contributed by atoms with Gasteiger partial charge in [-0.2, -0.15) is 5.10 Å². The summed E-state index contributed by atoms with van der Waals surface area (Å²) in [5.74, 6) is 1.69. The Balaban J connectivity index is 0.00000288. The van der Waals surface area contributed by atoms with Crippen molar-refractivity contribution < 1.29 is 0 Å². The van der Waals surface area contributed by atoms with Crippen LogP contribution in [0, 0.1) is 0 Å². The first-order chi connectivity index (χ1) is 11.3. The molecule has 0 saturated carbocycles. The molecule has 0 amide bonds. The van der Waals surface area contributed by atoms with Gasteiger partial charge in [-0.1, -0.05) is 36.8 Å². The van der Waals surface area contributed by atoms with Crippen molar-refractivity contribution in [3.8, 4) is 0 Å². The summed E-state index contributed by atoms with van der Waals surface area (Å²) < 4.78 is 1.75. The van der Waals surface area contributed by atoms with Gasteiger partial charge < -0.3 is 10.6 Å². The number of aliphatic imine (C=N–C) groups is 1. The van der Waals surface area contributed by atoms with Gasteiger partial charge in [-0.3, -0.25) is 9.67 Å². The highest BCUT2D eigenvalue weighted by atomic mass is 127. The molecule has 132 valence electrons. The first-order valence-corrected chi connectivity index (χ1v) is 8.11. The van der Waals surface area contributed by atoms with Crippen molar-refractivity contribution in [3.05, 3.63) is 48.0 Å². The van der Waals surface area contributed by atoms with Crippen molar-refractivity contribution in [2.45, 2.75) is 32.2 Å². The van der Waals surface area contributed by atoms with Gasteiger partial charge in [0.1, 0.15) is 12.2 Å². The topological polar surface area (TPSA) is 67.1 Å². The van der Waals surface area contributed by atoms with E-state index in [4.69, 9.17) is 0 Å². The minimum atomic E-state index is 0. The number of aromatic nitrogens is 3. The summed E-state index contributed by atoms with van der Waals surface area (Å²) in [7, 11) is 3.66. The first kappa shape index (κ1) is 20.4. The number of unbranched alkanes of at least 4 members (excludes halogenated alkanes) is 2. The lowest BCUT2D eigenvalue weighted by molar-refractivity contribution is 0.645. The number of nitrogens with one attached hydrogen (secondary N) is 2. The molecule has 1 aromatic carbocycles. The fraction of sp³-hybridized carbons (Fsp3) is 0.471. The van der Waals surface area contributed by atoms with Crippen LogP contribution in [0.3, 0.4) is 0 Å². The van der Waals surface area contributed by atoms with Gasteiger partial charge in [-0.05, 0) is 24.8 Å². The van der Waals surface area contributed by atoms with Crippen LogP contribution in [0.5, 0.6) is 0 Å². The zero-order chi connectivity index (χ0) is 16.3. The van der Waals surface area contributed by atoms with E-state index in [0.717, 1.165) is 31.2 Å². The van der Waals surface area contributed by atoms with E-state index >= 15 is 0 Å². The lowest BCUT2D eigenvalue weighted by Crippen LogP contribution is -2.37. The van der Waals surface area contributed by atoms with Crippen molar-refractivity contribution in [1.82, 2.24) is 25.4 Å². The molecule has 0 atom stereocenters. The van der Waals surface area contributed by atoms with Gasteiger partial charge in [0, 0.05) is 20.6 Å². The molecule has 0 aliphatic heterocycles. The number of nitrogens with zero attached hydrogens (tertiary/aromatic N) is 4. The van der Waals surface area contributed by atoms with E-state index in [1.165, 1.54) is 18.4 Å². The maximum absolute atomic E-state index is 4.22. The molecule has 0 radical (unpaired) electrons. The molecule has 0 unspecified atom stereocenters. The molecule has 1 aromatic heterocycles. The second-order valence-electron chi connectivity index (χ2n) is 5.45. The number of rotatable bonds is 8. The Labute approximate surface area is 161 Å². The van der Waals surface area contributed by atoms with Crippen molar-refractivity contribution in [2.75, 3.05) is 13.6 Å². The number of aryl methyl sites for hydroxylation is 2. The molecule has 6 nitrogen and oxygen atoms in total. The predicted octanol–water partition coefficient (Wildman–Crippen LogP) is 2.51. The minimum Gasteiger partial charge on any atom is -0.356 e. The Kier molecular flexibility index (Phi) is 10.1. The molecule has 0 fully saturated rings. The number of hydrogen-bond acceptors (Lipinski definition) is 3. The molecular formula is C17H27IN6. The summed E-state index contributed by atoms with van der Waals surface area (Å²) in [6.45, 7) is 1.54. The molecule has 7 heteroatoms. The Morgan fingerprint density at radius 2 is 1.92 bits per heavy atom. The van der Waals surface area contributed by atoms with Crippen LogP contribution in [0.25, 0.3) is 0 Å². The molecule has 0 aliphatic carbocycles. The van der Waals surface area contributed by atoms with Gasteiger partial charge in [-0.25, -0.2) is 4.98 Å². The number of hydrogen-bond donors (Lipinski definition) is 2. The van der Waals surface area contributed by atoms with Crippen molar-refractivity contribution in [2.24, 2.45) is 12.0 Å². The molecule has 24 heavy (non-hydrogen) atoms. The van der Waals surface area contributed by atoms with E-state index in [-0.39, 0.29) is 24.0 Å². The second kappa shape index (κ2) is 11.8. The monoisotopic (exact) mass is 442 g/mol. The molecule has 0 aliphatic rings. The van der Waals surface area contributed by atoms with Crippen LogP contribution in [0.4, 0.5) is 0 Å². The van der Waals surface area contributed by atoms with Crippen molar-refractivity contribution >= 4 is 29.9 Å². The number of guanidine groups is 1. The van der Waals surface area contributed by atoms with Gasteiger partial charge in [0.15, 0.2) is 5.96 Å². The summed E-state index contributed by atoms with van der Waals surface area (Å²) in [4.78, 5) is 8.40. The van der Waals surface area contributed by atoms with E-state index in [1.807, 2.05) is 7.05 Å². The van der Waals surface area contributed by atoms with E-state index in [2.05, 4.69) is 56.0 Å². The van der Waals surface area contributed by atoms with E-state index in [1.54, 1.807) is 18.1 Å². The maximum atomic E-state index is 4.22. The third-order valence-electron chi connectivity index (χ3n) is 3.72. The second-order valence-corrected chi connectivity index (χ2v) is 5.45. The summed E-state index contributed by atoms with van der Waals surface area (Å²) in [5.41, 5.74) is 1.42. The van der Waals surface area contributed by atoms with E-state index in [9.17, 15) is 0 Å². The Morgan fingerprint density at radius 3 is 2.58 bits per heavy atom. The molecule has 2 rings (SSSR count). The van der Waals surface area contributed by atoms with Gasteiger partial charge in [-0.15, -0.1) is 24.0 Å². The van der Waals surface area contributed by atoms with Crippen LogP contribution >= 0.6 is 24.0 Å². The largest absolute Gasteiger partial charge is 0.356 e. The van der Waals surface area contributed by atoms with E-state index in [0.29, 0.717) is 6.54 Å². The van der Waals surface area contributed by atoms with Gasteiger partial charge in [0.2, 0.25) is 0 Å². The molecule has 1 heterocycles. The van der Waals surface area contributed by atoms with Crippen LogP contribution in [0.15, 0.2) is 41.7 Å². The fourth-order valence-electron chi connectivity index (χ4n) is 2.35. The zero-order valence-corrected chi connectivity index (χ0v) is 16.7. The van der Waals surface area contributed by atoms with Gasteiger partial charge in [0.05, 0.1) is 6.54 Å². The SMILES string of the molecule is CN=C(NCCCCCc1ccccc1)NCc1ncnn1C.I. The third kappa shape index (κ3) is 7.29. The van der Waals surface area contributed by atoms with Crippen LogP contribution in [0.2, 0.25) is 0 Å². The Hall–Kier alpha value is -1.64. The van der Waals surface area contributed by atoms with Crippen molar-refractivity contribution in [3.63, 3.8) is 0 Å². The molecule has 0 spiro atoms. The standard InChI is InChI=1S/C17H26N6.HI/c1-18-17(20-13-16-21-14-22-23(16)2)19-12-8-4-7-11-15-9-5-3-6-10-15;/h3,5-6,9-10,14H,4,7-8,11-13H2,1-2H3,(H2,18,19,20);1H. The van der Waals surface area contributed by atoms with Gasteiger partial charge >= 0.3 is 0 Å². The lowest BCUT2D eigenvalue weighted by atomic mass is 10.1. The first-order valence-electron chi connectivity index (χ1n) is 8.11. The van der Waals surface area contributed by atoms with Gasteiger partial charge in [0.25, 0.3) is 0 Å². The molecule has 0 bridgehead atoms. The Morgan fingerprint density at radius 1 is 1.12 bits per heavy atom. The van der Waals surface area contributed by atoms with Crippen LogP contribution in [-0.4, -0.2) is 34.3 Å². The quantitative estimate of drug-likeness (QED) is 0.286. The summed E-state index contributed by atoms with van der Waals surface area (Å²) >= 11 is 0. The molecule has 0 saturated heterocycles. The van der Waals surface area contributed by atoms with Crippen LogP contribution in [-0.2, 0) is 20.0 Å². The third-order valence-corrected chi connectivity index (χ3v) is 3.72. The highest BCUT2D eigenvalue weighted by molar-refractivity contribution is 14.0. The highest BCUT2D eigenvalue weighted by Gasteiger charge is 2.02. The van der Waals surface area contributed by atoms with Crippen molar-refractivity contribution in [1.29, 1.82) is 0 Å². The zero-order valence-electron chi connectivity index (χ0n) is 14.4. The average Bonchev–Trinajstić information content (AvgIpc) is 2.99. The van der Waals surface area contributed by atoms with E-state index < -0.39 is 0 Å². The smallest absolute Gasteiger partial charge is 0.191 e. The summed E-state index contributed by atoms with van der Waals surface area (Å²) in [5, 5.41) is 10.6. The molecular weight excluding hydrogens is 415 g/mol. The molecule has 2 N–H and O–H groups in total. The molecule has 2 aromatic rings. The lowest BCUT2D eigenvalue weighted by Gasteiger charge is -2.11. The van der Waals surface area contributed by atoms with Crippen LogP contribution in [0.1, 0.15) is 30.7 Å². The normalized spacial score (nSPS) is 11.0. The predicted molar refractivity (Wildman–Crippen MR) is 109 cm³/mol. The Bertz CT molecular complexity index is 596. The average molecular weight is 442 g/mol. The number of benzene rings is 1. The van der Waals surface area contributed by atoms with Crippen LogP contribution < -0.4 is 10.6 Å². The minimum absolute atomic E-state index is 0.